The van der Waals surface area contributed by atoms with Gasteiger partial charge in [-0.1, -0.05) is 6.42 Å². The molecular weight excluding hydrogens is 196 g/mol. The minimum atomic E-state index is 0.0229. The second kappa shape index (κ2) is 4.11. The van der Waals surface area contributed by atoms with Gasteiger partial charge in [-0.2, -0.15) is 0 Å². The first-order valence-electron chi connectivity index (χ1n) is 5.34. The average molecular weight is 214 g/mol. The molecule has 0 radical (unpaired) electrons. The van der Waals surface area contributed by atoms with E-state index < -0.39 is 0 Å². The average Bonchev–Trinajstić information content (AvgIpc) is 2.17. The van der Waals surface area contributed by atoms with Gasteiger partial charge in [-0.3, -0.25) is 4.79 Å². The zero-order valence-electron chi connectivity index (χ0n) is 8.64. The number of amides is 1. The smallest absolute Gasteiger partial charge is 0.233 e. The van der Waals surface area contributed by atoms with Crippen LogP contribution < -0.4 is 10.6 Å². The van der Waals surface area contributed by atoms with Crippen LogP contribution in [-0.4, -0.2) is 35.5 Å². The summed E-state index contributed by atoms with van der Waals surface area (Å²) < 4.78 is 0. The van der Waals surface area contributed by atoms with Gasteiger partial charge in [0.05, 0.1) is 10.8 Å². The molecule has 2 fully saturated rings. The summed E-state index contributed by atoms with van der Waals surface area (Å²) in [7, 11) is 0. The molecule has 3 nitrogen and oxygen atoms in total. The third-order valence-corrected chi connectivity index (χ3v) is 4.30. The largest absolute Gasteiger partial charge is 0.347 e. The number of hydrogen-bond donors (Lipinski definition) is 2. The number of rotatable bonds is 2. The van der Waals surface area contributed by atoms with Crippen LogP contribution in [0.1, 0.15) is 26.2 Å². The third-order valence-electron chi connectivity index (χ3n) is 2.93. The highest BCUT2D eigenvalue weighted by Gasteiger charge is 2.35. The van der Waals surface area contributed by atoms with Crippen molar-refractivity contribution in [3.63, 3.8) is 0 Å². The van der Waals surface area contributed by atoms with Gasteiger partial charge >= 0.3 is 0 Å². The lowest BCUT2D eigenvalue weighted by molar-refractivity contribution is -0.123. The summed E-state index contributed by atoms with van der Waals surface area (Å²) in [6, 6.07) is 0. The fourth-order valence-electron chi connectivity index (χ4n) is 1.91. The van der Waals surface area contributed by atoms with Crippen LogP contribution in [0.25, 0.3) is 0 Å². The fourth-order valence-corrected chi connectivity index (χ4v) is 3.11. The molecule has 1 amide bonds. The van der Waals surface area contributed by atoms with Gasteiger partial charge < -0.3 is 10.6 Å². The first-order chi connectivity index (χ1) is 6.70. The molecule has 14 heavy (non-hydrogen) atoms. The molecule has 1 atom stereocenters. The molecule has 80 valence electrons. The molecule has 0 spiro atoms. The Bertz CT molecular complexity index is 222. The molecule has 0 aromatic heterocycles. The van der Waals surface area contributed by atoms with E-state index in [1.165, 1.54) is 12.8 Å². The summed E-state index contributed by atoms with van der Waals surface area (Å²) in [5.74, 6) is 1.39. The van der Waals surface area contributed by atoms with Gasteiger partial charge in [0, 0.05) is 13.1 Å². The summed E-state index contributed by atoms with van der Waals surface area (Å²) in [6.07, 6.45) is 3.54. The monoisotopic (exact) mass is 214 g/mol. The van der Waals surface area contributed by atoms with Crippen molar-refractivity contribution in [2.24, 2.45) is 0 Å². The van der Waals surface area contributed by atoms with Gasteiger partial charge in [0.15, 0.2) is 0 Å². The Morgan fingerprint density at radius 2 is 2.29 bits per heavy atom. The summed E-state index contributed by atoms with van der Waals surface area (Å²) in [5.41, 5.74) is 0.0229. The Balaban J connectivity index is 1.81. The SMILES string of the molecule is CC1(NC(=O)C2CCCCS2)CNC1. The molecule has 2 saturated heterocycles. The number of thioether (sulfide) groups is 1. The Kier molecular flexibility index (Phi) is 3.02. The van der Waals surface area contributed by atoms with Crippen molar-refractivity contribution < 1.29 is 4.79 Å². The highest BCUT2D eigenvalue weighted by Crippen LogP contribution is 2.25. The van der Waals surface area contributed by atoms with Crippen molar-refractivity contribution in [3.05, 3.63) is 0 Å². The van der Waals surface area contributed by atoms with Crippen molar-refractivity contribution in [1.82, 2.24) is 10.6 Å². The number of carbonyl (C=O) groups is 1. The standard InChI is InChI=1S/C10H18N2OS/c1-10(6-11-7-10)12-9(13)8-4-2-3-5-14-8/h8,11H,2-7H2,1H3,(H,12,13). The minimum Gasteiger partial charge on any atom is -0.347 e. The van der Waals surface area contributed by atoms with E-state index in [1.54, 1.807) is 0 Å². The van der Waals surface area contributed by atoms with E-state index in [-0.39, 0.29) is 16.7 Å². The van der Waals surface area contributed by atoms with Crippen molar-refractivity contribution >= 4 is 17.7 Å². The molecule has 0 aromatic carbocycles. The van der Waals surface area contributed by atoms with Crippen molar-refractivity contribution in [2.45, 2.75) is 37.0 Å². The lowest BCUT2D eigenvalue weighted by Gasteiger charge is -2.41. The van der Waals surface area contributed by atoms with Gasteiger partial charge in [0.2, 0.25) is 5.91 Å². The van der Waals surface area contributed by atoms with Gasteiger partial charge in [0.1, 0.15) is 0 Å². The molecule has 0 saturated carbocycles. The molecule has 2 N–H and O–H groups in total. The lowest BCUT2D eigenvalue weighted by Crippen LogP contribution is -2.68. The first-order valence-corrected chi connectivity index (χ1v) is 6.39. The van der Waals surface area contributed by atoms with Crippen LogP contribution in [-0.2, 0) is 4.79 Å². The second-order valence-electron chi connectivity index (χ2n) is 4.51. The summed E-state index contributed by atoms with van der Waals surface area (Å²) >= 11 is 1.81. The maximum atomic E-state index is 11.8. The topological polar surface area (TPSA) is 41.1 Å². The van der Waals surface area contributed by atoms with Gasteiger partial charge in [0.25, 0.3) is 0 Å². The second-order valence-corrected chi connectivity index (χ2v) is 5.82. The van der Waals surface area contributed by atoms with Crippen LogP contribution >= 0.6 is 11.8 Å². The molecule has 2 aliphatic rings. The van der Waals surface area contributed by atoms with E-state index in [1.807, 2.05) is 11.8 Å². The van der Waals surface area contributed by atoms with Crippen LogP contribution in [0.4, 0.5) is 0 Å². The van der Waals surface area contributed by atoms with E-state index in [2.05, 4.69) is 17.6 Å². The molecule has 0 bridgehead atoms. The molecule has 0 aromatic rings. The summed E-state index contributed by atoms with van der Waals surface area (Å²) in [5, 5.41) is 6.54. The van der Waals surface area contributed by atoms with Crippen molar-refractivity contribution in [2.75, 3.05) is 18.8 Å². The van der Waals surface area contributed by atoms with Gasteiger partial charge in [-0.05, 0) is 25.5 Å². The maximum Gasteiger partial charge on any atom is 0.233 e. The number of hydrogen-bond acceptors (Lipinski definition) is 3. The third kappa shape index (κ3) is 2.23. The van der Waals surface area contributed by atoms with Crippen LogP contribution in [0.3, 0.4) is 0 Å². The Morgan fingerprint density at radius 1 is 1.50 bits per heavy atom. The Labute approximate surface area is 89.4 Å². The summed E-state index contributed by atoms with van der Waals surface area (Å²) in [4.78, 5) is 11.8. The zero-order valence-corrected chi connectivity index (χ0v) is 9.45. The molecule has 0 aliphatic carbocycles. The van der Waals surface area contributed by atoms with Crippen LogP contribution in [0.2, 0.25) is 0 Å². The molecule has 4 heteroatoms. The molecule has 1 unspecified atom stereocenters. The predicted molar refractivity (Wildman–Crippen MR) is 59.5 cm³/mol. The fraction of sp³-hybridized carbons (Fsp3) is 0.900. The number of nitrogens with one attached hydrogen (secondary N) is 2. The van der Waals surface area contributed by atoms with Gasteiger partial charge in [-0.15, -0.1) is 11.8 Å². The van der Waals surface area contributed by atoms with E-state index in [0.717, 1.165) is 25.3 Å². The maximum absolute atomic E-state index is 11.8. The lowest BCUT2D eigenvalue weighted by atomic mass is 9.95. The Hall–Kier alpha value is -0.220. The molecule has 2 rings (SSSR count). The van der Waals surface area contributed by atoms with Crippen molar-refractivity contribution in [3.8, 4) is 0 Å². The normalized spacial score (nSPS) is 30.5. The van der Waals surface area contributed by atoms with Crippen LogP contribution in [0.15, 0.2) is 0 Å². The van der Waals surface area contributed by atoms with E-state index in [9.17, 15) is 4.79 Å². The van der Waals surface area contributed by atoms with Crippen LogP contribution in [0.5, 0.6) is 0 Å². The van der Waals surface area contributed by atoms with E-state index in [0.29, 0.717) is 0 Å². The minimum absolute atomic E-state index is 0.0229. The van der Waals surface area contributed by atoms with Crippen molar-refractivity contribution in [1.29, 1.82) is 0 Å². The van der Waals surface area contributed by atoms with Crippen LogP contribution in [0, 0.1) is 0 Å². The van der Waals surface area contributed by atoms with E-state index in [4.69, 9.17) is 0 Å². The number of carbonyl (C=O) groups excluding carboxylic acids is 1. The summed E-state index contributed by atoms with van der Waals surface area (Å²) in [6.45, 7) is 3.93. The molecular formula is C10H18N2OS. The zero-order chi connectivity index (χ0) is 10.0. The Morgan fingerprint density at radius 3 is 2.79 bits per heavy atom. The highest BCUT2D eigenvalue weighted by atomic mass is 32.2. The molecule has 2 aliphatic heterocycles. The highest BCUT2D eigenvalue weighted by molar-refractivity contribution is 8.00. The van der Waals surface area contributed by atoms with Gasteiger partial charge in [-0.25, -0.2) is 0 Å². The first kappa shape index (κ1) is 10.3. The molecule has 2 heterocycles. The van der Waals surface area contributed by atoms with E-state index >= 15 is 0 Å². The predicted octanol–water partition coefficient (Wildman–Crippen LogP) is 0.750. The quantitative estimate of drug-likeness (QED) is 0.713.